The zero-order valence-electron chi connectivity index (χ0n) is 17.9. The molecule has 0 unspecified atom stereocenters. The summed E-state index contributed by atoms with van der Waals surface area (Å²) in [6, 6.07) is 0.828. The summed E-state index contributed by atoms with van der Waals surface area (Å²) in [6.45, 7) is 10.5. The number of nitrogens with zero attached hydrogens (tertiary/aromatic N) is 3. The summed E-state index contributed by atoms with van der Waals surface area (Å²) in [5.41, 5.74) is 0. The van der Waals surface area contributed by atoms with Crippen molar-refractivity contribution < 1.29 is 13.3 Å². The van der Waals surface area contributed by atoms with Crippen molar-refractivity contribution in [1.29, 1.82) is 0 Å². The van der Waals surface area contributed by atoms with Crippen molar-refractivity contribution in [1.82, 2.24) is 15.0 Å². The minimum Gasteiger partial charge on any atom is -0.373 e. The van der Waals surface area contributed by atoms with Crippen molar-refractivity contribution in [3.8, 4) is 0 Å². The molecule has 0 fully saturated rings. The maximum atomic E-state index is 6.29. The number of thioether (sulfide) groups is 1. The number of hydrogen-bond acceptors (Lipinski definition) is 8. The Labute approximate surface area is 181 Å². The topological polar surface area (TPSA) is 66.4 Å². The molecule has 0 bridgehead atoms. The van der Waals surface area contributed by atoms with Gasteiger partial charge in [0.15, 0.2) is 10.3 Å². The Kier molecular flexibility index (Phi) is 14.4. The average molecular weight is 448 g/mol. The SMILES string of the molecule is CCCCO[Si](CCCSc1nc(C)nc(S)n1)(OCCCC)OCCCC. The third-order valence-corrected chi connectivity index (χ3v) is 8.06. The normalized spacial score (nSPS) is 11.9. The molecule has 0 spiro atoms. The third kappa shape index (κ3) is 11.1. The Morgan fingerprint density at radius 3 is 1.82 bits per heavy atom. The first-order valence-corrected chi connectivity index (χ1v) is 13.9. The van der Waals surface area contributed by atoms with Crippen molar-refractivity contribution in [2.45, 2.75) is 89.0 Å². The van der Waals surface area contributed by atoms with E-state index in [9.17, 15) is 0 Å². The summed E-state index contributed by atoms with van der Waals surface area (Å²) < 4.78 is 18.9. The van der Waals surface area contributed by atoms with Crippen LogP contribution < -0.4 is 0 Å². The Hall–Kier alpha value is -0.193. The Balaban J connectivity index is 2.64. The second-order valence-corrected chi connectivity index (χ2v) is 10.9. The summed E-state index contributed by atoms with van der Waals surface area (Å²) in [5.74, 6) is 1.58. The number of aromatic nitrogens is 3. The van der Waals surface area contributed by atoms with Crippen LogP contribution in [0.3, 0.4) is 0 Å². The second kappa shape index (κ2) is 15.6. The lowest BCUT2D eigenvalue weighted by Gasteiger charge is -2.30. The molecule has 9 heteroatoms. The van der Waals surface area contributed by atoms with Crippen LogP contribution in [0.15, 0.2) is 10.3 Å². The van der Waals surface area contributed by atoms with Crippen LogP contribution in [0.25, 0.3) is 0 Å². The minimum absolute atomic E-state index is 0.465. The molecule has 6 nitrogen and oxygen atoms in total. The van der Waals surface area contributed by atoms with Crippen LogP contribution in [0.2, 0.25) is 6.04 Å². The lowest BCUT2D eigenvalue weighted by atomic mass is 10.4. The number of hydrogen-bond donors (Lipinski definition) is 1. The second-order valence-electron chi connectivity index (χ2n) is 6.71. The van der Waals surface area contributed by atoms with Crippen LogP contribution in [-0.4, -0.2) is 49.3 Å². The Morgan fingerprint density at radius 1 is 0.821 bits per heavy atom. The zero-order valence-corrected chi connectivity index (χ0v) is 20.6. The van der Waals surface area contributed by atoms with Gasteiger partial charge in [-0.15, -0.1) is 12.6 Å². The van der Waals surface area contributed by atoms with Gasteiger partial charge in [-0.25, -0.2) is 9.97 Å². The molecule has 1 aromatic rings. The maximum Gasteiger partial charge on any atom is 0.500 e. The van der Waals surface area contributed by atoms with E-state index in [1.807, 2.05) is 6.92 Å². The fourth-order valence-corrected chi connectivity index (χ4v) is 6.46. The van der Waals surface area contributed by atoms with Crippen molar-refractivity contribution in [3.05, 3.63) is 5.82 Å². The van der Waals surface area contributed by atoms with E-state index in [1.54, 1.807) is 11.8 Å². The molecule has 28 heavy (non-hydrogen) atoms. The number of rotatable bonds is 17. The molecule has 0 aromatic carbocycles. The Morgan fingerprint density at radius 2 is 1.36 bits per heavy atom. The lowest BCUT2D eigenvalue weighted by Crippen LogP contribution is -2.46. The summed E-state index contributed by atoms with van der Waals surface area (Å²) >= 11 is 5.85. The van der Waals surface area contributed by atoms with Crippen LogP contribution in [0, 0.1) is 6.92 Å². The van der Waals surface area contributed by atoms with Gasteiger partial charge in [-0.1, -0.05) is 51.8 Å². The molecule has 0 aliphatic heterocycles. The molecule has 0 aliphatic carbocycles. The van der Waals surface area contributed by atoms with Crippen LogP contribution in [0.4, 0.5) is 0 Å². The highest BCUT2D eigenvalue weighted by Crippen LogP contribution is 2.23. The monoisotopic (exact) mass is 447 g/mol. The first-order chi connectivity index (χ1) is 13.5. The number of thiol groups is 1. The van der Waals surface area contributed by atoms with E-state index in [2.05, 4.69) is 48.4 Å². The number of aryl methyl sites for hydroxylation is 1. The highest BCUT2D eigenvalue weighted by molar-refractivity contribution is 7.99. The van der Waals surface area contributed by atoms with Gasteiger partial charge >= 0.3 is 8.80 Å². The van der Waals surface area contributed by atoms with E-state index in [0.717, 1.165) is 61.9 Å². The maximum absolute atomic E-state index is 6.29. The Bertz CT molecular complexity index is 494. The molecule has 0 atom stereocenters. The highest BCUT2D eigenvalue weighted by atomic mass is 32.2. The molecule has 1 rings (SSSR count). The van der Waals surface area contributed by atoms with E-state index >= 15 is 0 Å². The van der Waals surface area contributed by atoms with Gasteiger partial charge in [0.25, 0.3) is 0 Å². The molecule has 0 radical (unpaired) electrons. The smallest absolute Gasteiger partial charge is 0.373 e. The zero-order chi connectivity index (χ0) is 20.7. The van der Waals surface area contributed by atoms with Gasteiger partial charge in [0.05, 0.1) is 0 Å². The quantitative estimate of drug-likeness (QED) is 0.150. The van der Waals surface area contributed by atoms with Gasteiger partial charge in [0.2, 0.25) is 0 Å². The molecular weight excluding hydrogens is 410 g/mol. The molecule has 1 heterocycles. The van der Waals surface area contributed by atoms with Crippen molar-refractivity contribution in [2.75, 3.05) is 25.6 Å². The fraction of sp³-hybridized carbons (Fsp3) is 0.842. The van der Waals surface area contributed by atoms with Crippen molar-refractivity contribution in [2.24, 2.45) is 0 Å². The predicted octanol–water partition coefficient (Wildman–Crippen LogP) is 5.34. The molecular formula is C19H37N3O3S2Si. The first kappa shape index (κ1) is 25.8. The van der Waals surface area contributed by atoms with Crippen LogP contribution >= 0.6 is 24.4 Å². The molecule has 0 saturated carbocycles. The first-order valence-electron chi connectivity index (χ1n) is 10.5. The molecule has 1 aromatic heterocycles. The van der Waals surface area contributed by atoms with E-state index in [1.165, 1.54) is 0 Å². The molecule has 0 saturated heterocycles. The van der Waals surface area contributed by atoms with Gasteiger partial charge < -0.3 is 13.3 Å². The summed E-state index contributed by atoms with van der Waals surface area (Å²) in [5, 5.41) is 1.18. The van der Waals surface area contributed by atoms with Crippen molar-refractivity contribution >= 4 is 33.2 Å². The average Bonchev–Trinajstić information content (AvgIpc) is 2.65. The predicted molar refractivity (Wildman–Crippen MR) is 120 cm³/mol. The van der Waals surface area contributed by atoms with Crippen molar-refractivity contribution in [3.63, 3.8) is 0 Å². The molecule has 0 amide bonds. The molecule has 162 valence electrons. The summed E-state index contributed by atoms with van der Waals surface area (Å²) in [6.07, 6.45) is 7.36. The minimum atomic E-state index is -2.65. The summed E-state index contributed by atoms with van der Waals surface area (Å²) in [7, 11) is -2.65. The van der Waals surface area contributed by atoms with E-state index in [4.69, 9.17) is 13.3 Å². The highest BCUT2D eigenvalue weighted by Gasteiger charge is 2.40. The van der Waals surface area contributed by atoms with Crippen LogP contribution in [0.5, 0.6) is 0 Å². The van der Waals surface area contributed by atoms with Gasteiger partial charge in [-0.3, -0.25) is 0 Å². The molecule has 0 N–H and O–H groups in total. The van der Waals surface area contributed by atoms with Gasteiger partial charge in [0, 0.05) is 31.6 Å². The summed E-state index contributed by atoms with van der Waals surface area (Å²) in [4.78, 5) is 12.7. The fourth-order valence-electron chi connectivity index (χ4n) is 2.42. The van der Waals surface area contributed by atoms with Gasteiger partial charge in [-0.2, -0.15) is 4.98 Å². The lowest BCUT2D eigenvalue weighted by molar-refractivity contribution is 0.0562. The van der Waals surface area contributed by atoms with E-state index < -0.39 is 8.80 Å². The van der Waals surface area contributed by atoms with E-state index in [-0.39, 0.29) is 0 Å². The van der Waals surface area contributed by atoms with Crippen LogP contribution in [0.1, 0.15) is 71.5 Å². The van der Waals surface area contributed by atoms with E-state index in [0.29, 0.717) is 30.8 Å². The van der Waals surface area contributed by atoms with Gasteiger partial charge in [0.1, 0.15) is 5.82 Å². The third-order valence-electron chi connectivity index (χ3n) is 4.03. The standard InChI is InChI=1S/C19H37N3O3S2Si/c1-5-8-12-23-28(24-13-9-6-2,25-14-10-7-3)16-11-15-27-19-21-17(4)20-18(26)22-19/h5-16H2,1-4H3,(H,20,21,22,26). The number of unbranched alkanes of at least 4 members (excludes halogenated alkanes) is 3. The molecule has 0 aliphatic rings. The van der Waals surface area contributed by atoms with Crippen LogP contribution in [-0.2, 0) is 13.3 Å². The largest absolute Gasteiger partial charge is 0.500 e. The van der Waals surface area contributed by atoms with Gasteiger partial charge in [-0.05, 0) is 32.6 Å².